The minimum atomic E-state index is -0.118. The molecule has 0 aliphatic carbocycles. The van der Waals surface area contributed by atoms with Crippen molar-refractivity contribution >= 4 is 27.7 Å². The molecule has 0 bridgehead atoms. The summed E-state index contributed by atoms with van der Waals surface area (Å²) in [6.45, 7) is 2.58. The van der Waals surface area contributed by atoms with Crippen LogP contribution in [0, 0.1) is 0 Å². The van der Waals surface area contributed by atoms with Gasteiger partial charge in [0.15, 0.2) is 0 Å². The van der Waals surface area contributed by atoms with E-state index in [1.807, 2.05) is 6.92 Å². The fourth-order valence-corrected chi connectivity index (χ4v) is 1.17. The van der Waals surface area contributed by atoms with Gasteiger partial charge in [0, 0.05) is 25.3 Å². The largest absolute Gasteiger partial charge is 0.355 e. The SMILES string of the molecule is CCNC(=O)CN(C)C(=O)CCBr. The Balaban J connectivity index is 3.78. The summed E-state index contributed by atoms with van der Waals surface area (Å²) in [5.41, 5.74) is 0. The van der Waals surface area contributed by atoms with Gasteiger partial charge in [-0.05, 0) is 6.92 Å². The van der Waals surface area contributed by atoms with Crippen molar-refractivity contribution in [2.75, 3.05) is 25.5 Å². The normalized spacial score (nSPS) is 9.46. The fourth-order valence-electron chi connectivity index (χ4n) is 0.828. The third-order valence-corrected chi connectivity index (χ3v) is 1.89. The number of nitrogens with zero attached hydrogens (tertiary/aromatic N) is 1. The lowest BCUT2D eigenvalue weighted by Gasteiger charge is -2.15. The maximum atomic E-state index is 11.2. The van der Waals surface area contributed by atoms with Gasteiger partial charge in [-0.25, -0.2) is 0 Å². The number of alkyl halides is 1. The molecule has 0 aliphatic heterocycles. The van der Waals surface area contributed by atoms with Crippen molar-refractivity contribution in [1.82, 2.24) is 10.2 Å². The minimum absolute atomic E-state index is 0.0249. The van der Waals surface area contributed by atoms with Crippen LogP contribution in [0.1, 0.15) is 13.3 Å². The summed E-state index contributed by atoms with van der Waals surface area (Å²) in [6.07, 6.45) is 0.426. The molecule has 0 aromatic rings. The molecule has 5 heteroatoms. The van der Waals surface area contributed by atoms with Crippen LogP contribution in [0.15, 0.2) is 0 Å². The second-order valence-electron chi connectivity index (χ2n) is 2.64. The third-order valence-electron chi connectivity index (χ3n) is 1.49. The number of amides is 2. The molecule has 0 aromatic carbocycles. The second kappa shape index (κ2) is 6.88. The maximum absolute atomic E-state index is 11.2. The van der Waals surface area contributed by atoms with E-state index in [9.17, 15) is 9.59 Å². The van der Waals surface area contributed by atoms with E-state index in [-0.39, 0.29) is 18.4 Å². The molecular weight excluding hydrogens is 236 g/mol. The van der Waals surface area contributed by atoms with Crippen molar-refractivity contribution in [1.29, 1.82) is 0 Å². The highest BCUT2D eigenvalue weighted by atomic mass is 79.9. The number of hydrogen-bond donors (Lipinski definition) is 1. The molecule has 0 saturated carbocycles. The Morgan fingerprint density at radius 3 is 2.54 bits per heavy atom. The highest BCUT2D eigenvalue weighted by Crippen LogP contribution is 1.93. The quantitative estimate of drug-likeness (QED) is 0.717. The van der Waals surface area contributed by atoms with E-state index in [0.717, 1.165) is 0 Å². The zero-order valence-electron chi connectivity index (χ0n) is 7.97. The standard InChI is InChI=1S/C8H15BrN2O2/c1-3-10-7(12)6-11(2)8(13)4-5-9/h3-6H2,1-2H3,(H,10,12). The monoisotopic (exact) mass is 250 g/mol. The van der Waals surface area contributed by atoms with E-state index in [0.29, 0.717) is 18.3 Å². The molecule has 1 N–H and O–H groups in total. The molecule has 0 aromatic heterocycles. The van der Waals surface area contributed by atoms with E-state index in [2.05, 4.69) is 21.2 Å². The van der Waals surface area contributed by atoms with Crippen LogP contribution in [-0.4, -0.2) is 42.2 Å². The van der Waals surface area contributed by atoms with Gasteiger partial charge in [0.05, 0.1) is 6.54 Å². The molecule has 2 amide bonds. The van der Waals surface area contributed by atoms with Gasteiger partial charge in [-0.1, -0.05) is 15.9 Å². The Kier molecular flexibility index (Phi) is 6.58. The van der Waals surface area contributed by atoms with Gasteiger partial charge >= 0.3 is 0 Å². The van der Waals surface area contributed by atoms with E-state index < -0.39 is 0 Å². The molecule has 0 atom stereocenters. The third kappa shape index (κ3) is 5.63. The topological polar surface area (TPSA) is 49.4 Å². The van der Waals surface area contributed by atoms with Crippen molar-refractivity contribution in [3.63, 3.8) is 0 Å². The molecule has 76 valence electrons. The van der Waals surface area contributed by atoms with Gasteiger partial charge in [-0.2, -0.15) is 0 Å². The van der Waals surface area contributed by atoms with Gasteiger partial charge in [0.1, 0.15) is 0 Å². The average Bonchev–Trinajstić information content (AvgIpc) is 2.05. The van der Waals surface area contributed by atoms with Gasteiger partial charge in [-0.15, -0.1) is 0 Å². The molecule has 0 heterocycles. The van der Waals surface area contributed by atoms with Gasteiger partial charge in [-0.3, -0.25) is 9.59 Å². The first-order valence-electron chi connectivity index (χ1n) is 4.18. The molecule has 13 heavy (non-hydrogen) atoms. The zero-order chi connectivity index (χ0) is 10.3. The second-order valence-corrected chi connectivity index (χ2v) is 3.44. The van der Waals surface area contributed by atoms with E-state index in [1.54, 1.807) is 7.05 Å². The number of halogens is 1. The average molecular weight is 251 g/mol. The molecule has 0 radical (unpaired) electrons. The molecule has 0 saturated heterocycles. The molecule has 0 aliphatic rings. The van der Waals surface area contributed by atoms with Crippen LogP contribution in [-0.2, 0) is 9.59 Å². The number of hydrogen-bond acceptors (Lipinski definition) is 2. The van der Waals surface area contributed by atoms with Crippen LogP contribution < -0.4 is 5.32 Å². The molecule has 0 fully saturated rings. The molecule has 0 spiro atoms. The first-order valence-corrected chi connectivity index (χ1v) is 5.30. The summed E-state index contributed by atoms with van der Waals surface area (Å²) in [5.74, 6) is -0.143. The summed E-state index contributed by atoms with van der Waals surface area (Å²) in [4.78, 5) is 23.7. The summed E-state index contributed by atoms with van der Waals surface area (Å²) >= 11 is 3.17. The Bertz CT molecular complexity index is 185. The van der Waals surface area contributed by atoms with Gasteiger partial charge in [0.25, 0.3) is 0 Å². The van der Waals surface area contributed by atoms with Crippen LogP contribution in [0.5, 0.6) is 0 Å². The number of nitrogens with one attached hydrogen (secondary N) is 1. The summed E-state index contributed by atoms with van der Waals surface area (Å²) in [7, 11) is 1.63. The van der Waals surface area contributed by atoms with Gasteiger partial charge < -0.3 is 10.2 Å². The predicted molar refractivity (Wildman–Crippen MR) is 54.7 cm³/mol. The van der Waals surface area contributed by atoms with Crippen LogP contribution >= 0.6 is 15.9 Å². The Labute approximate surface area is 86.8 Å². The van der Waals surface area contributed by atoms with Crippen LogP contribution in [0.2, 0.25) is 0 Å². The van der Waals surface area contributed by atoms with Crippen LogP contribution in [0.4, 0.5) is 0 Å². The number of likely N-dealkylation sites (N-methyl/N-ethyl adjacent to an activating group) is 2. The molecular formula is C8H15BrN2O2. The highest BCUT2D eigenvalue weighted by molar-refractivity contribution is 9.09. The smallest absolute Gasteiger partial charge is 0.239 e. The summed E-state index contributed by atoms with van der Waals surface area (Å²) in [5, 5.41) is 3.26. The van der Waals surface area contributed by atoms with Crippen molar-refractivity contribution in [3.05, 3.63) is 0 Å². The minimum Gasteiger partial charge on any atom is -0.355 e. The first-order chi connectivity index (χ1) is 6.11. The molecule has 0 unspecified atom stereocenters. The van der Waals surface area contributed by atoms with E-state index in [1.165, 1.54) is 4.90 Å². The zero-order valence-corrected chi connectivity index (χ0v) is 9.56. The lowest BCUT2D eigenvalue weighted by molar-refractivity contribution is -0.134. The Morgan fingerprint density at radius 2 is 2.08 bits per heavy atom. The van der Waals surface area contributed by atoms with Crippen LogP contribution in [0.3, 0.4) is 0 Å². The summed E-state index contributed by atoms with van der Waals surface area (Å²) < 4.78 is 0. The van der Waals surface area contributed by atoms with Crippen molar-refractivity contribution in [3.8, 4) is 0 Å². The van der Waals surface area contributed by atoms with Crippen LogP contribution in [0.25, 0.3) is 0 Å². The first kappa shape index (κ1) is 12.4. The summed E-state index contributed by atoms with van der Waals surface area (Å²) in [6, 6.07) is 0. The highest BCUT2D eigenvalue weighted by Gasteiger charge is 2.10. The number of carbonyl (C=O) groups is 2. The number of rotatable bonds is 5. The predicted octanol–water partition coefficient (Wildman–Crippen LogP) is 0.366. The fraction of sp³-hybridized carbons (Fsp3) is 0.750. The molecule has 4 nitrogen and oxygen atoms in total. The lowest BCUT2D eigenvalue weighted by Crippen LogP contribution is -2.38. The Morgan fingerprint density at radius 1 is 1.46 bits per heavy atom. The maximum Gasteiger partial charge on any atom is 0.239 e. The van der Waals surface area contributed by atoms with Crippen molar-refractivity contribution in [2.24, 2.45) is 0 Å². The lowest BCUT2D eigenvalue weighted by atomic mass is 10.4. The van der Waals surface area contributed by atoms with Gasteiger partial charge in [0.2, 0.25) is 11.8 Å². The number of carbonyl (C=O) groups excluding carboxylic acids is 2. The van der Waals surface area contributed by atoms with Crippen molar-refractivity contribution < 1.29 is 9.59 Å². The Hall–Kier alpha value is -0.580. The van der Waals surface area contributed by atoms with Crippen molar-refractivity contribution in [2.45, 2.75) is 13.3 Å². The van der Waals surface area contributed by atoms with E-state index in [4.69, 9.17) is 0 Å². The molecule has 0 rings (SSSR count). The van der Waals surface area contributed by atoms with E-state index >= 15 is 0 Å².